The van der Waals surface area contributed by atoms with Gasteiger partial charge in [0, 0.05) is 30.2 Å². The van der Waals surface area contributed by atoms with Gasteiger partial charge in [0.15, 0.2) is 11.5 Å². The van der Waals surface area contributed by atoms with Gasteiger partial charge in [-0.15, -0.1) is 0 Å². The molecule has 0 aliphatic rings. The van der Waals surface area contributed by atoms with E-state index in [2.05, 4.69) is 5.32 Å². The molecule has 0 aliphatic heterocycles. The number of aromatic nitrogens is 1. The predicted molar refractivity (Wildman–Crippen MR) is 111 cm³/mol. The van der Waals surface area contributed by atoms with Crippen LogP contribution in [0, 0.1) is 0 Å². The molecule has 1 heterocycles. The van der Waals surface area contributed by atoms with Gasteiger partial charge in [-0.05, 0) is 25.1 Å². The van der Waals surface area contributed by atoms with Crippen molar-refractivity contribution >= 4 is 16.7 Å². The van der Waals surface area contributed by atoms with Crippen molar-refractivity contribution in [1.29, 1.82) is 0 Å². The van der Waals surface area contributed by atoms with Gasteiger partial charge in [0.05, 0.1) is 32.3 Å². The lowest BCUT2D eigenvalue weighted by molar-refractivity contribution is 0.0951. The molecule has 1 N–H and O–H groups in total. The second-order valence-electron chi connectivity index (χ2n) is 6.38. The quantitative estimate of drug-likeness (QED) is 0.664. The van der Waals surface area contributed by atoms with E-state index >= 15 is 0 Å². The first kappa shape index (κ1) is 20.3. The summed E-state index contributed by atoms with van der Waals surface area (Å²) in [5.74, 6) is 1.29. The maximum Gasteiger partial charge on any atom is 0.258 e. The van der Waals surface area contributed by atoms with Crippen LogP contribution in [0.25, 0.3) is 10.8 Å². The van der Waals surface area contributed by atoms with Gasteiger partial charge in [-0.25, -0.2) is 0 Å². The average Bonchev–Trinajstić information content (AvgIpc) is 2.77. The third-order valence-electron chi connectivity index (χ3n) is 4.81. The molecule has 0 saturated heterocycles. The molecule has 29 heavy (non-hydrogen) atoms. The number of carbonyl (C=O) groups excluding carboxylic acids is 1. The van der Waals surface area contributed by atoms with Gasteiger partial charge in [-0.3, -0.25) is 9.59 Å². The third-order valence-corrected chi connectivity index (χ3v) is 4.81. The zero-order chi connectivity index (χ0) is 21.0. The number of fused-ring (bicyclic) bond motifs is 1. The van der Waals surface area contributed by atoms with Gasteiger partial charge < -0.3 is 24.1 Å². The van der Waals surface area contributed by atoms with Crippen LogP contribution in [0.3, 0.4) is 0 Å². The van der Waals surface area contributed by atoms with E-state index in [1.165, 1.54) is 18.8 Å². The zero-order valence-corrected chi connectivity index (χ0v) is 16.9. The number of nitrogens with zero attached hydrogens (tertiary/aromatic N) is 1. The van der Waals surface area contributed by atoms with Crippen LogP contribution in [0.5, 0.6) is 17.2 Å². The Hall–Kier alpha value is -3.48. The number of nitrogens with one attached hydrogen (secondary N) is 1. The topological polar surface area (TPSA) is 78.8 Å². The average molecular weight is 396 g/mol. The molecule has 1 amide bonds. The number of methoxy groups -OCH3 is 3. The van der Waals surface area contributed by atoms with Crippen LogP contribution in [0.15, 0.2) is 47.4 Å². The van der Waals surface area contributed by atoms with Crippen LogP contribution in [-0.2, 0) is 13.1 Å². The van der Waals surface area contributed by atoms with Crippen LogP contribution >= 0.6 is 0 Å². The Kier molecular flexibility index (Phi) is 6.07. The van der Waals surface area contributed by atoms with Crippen LogP contribution in [0.4, 0.5) is 0 Å². The van der Waals surface area contributed by atoms with Gasteiger partial charge in [-0.1, -0.05) is 18.2 Å². The summed E-state index contributed by atoms with van der Waals surface area (Å²) in [5.41, 5.74) is 1.05. The lowest BCUT2D eigenvalue weighted by Gasteiger charge is -2.15. The molecule has 0 atom stereocenters. The van der Waals surface area contributed by atoms with Crippen LogP contribution in [0.1, 0.15) is 22.8 Å². The molecule has 7 heteroatoms. The summed E-state index contributed by atoms with van der Waals surface area (Å²) >= 11 is 0. The number of hydrogen-bond donors (Lipinski definition) is 1. The van der Waals surface area contributed by atoms with Crippen molar-refractivity contribution in [3.8, 4) is 17.2 Å². The van der Waals surface area contributed by atoms with Crippen molar-refractivity contribution in [3.05, 3.63) is 64.1 Å². The predicted octanol–water partition coefficient (Wildman–Crippen LogP) is 2.98. The molecule has 0 unspecified atom stereocenters. The molecule has 0 fully saturated rings. The number of para-hydroxylation sites is 1. The molecular weight excluding hydrogens is 372 g/mol. The largest absolute Gasteiger partial charge is 0.496 e. The molecule has 0 bridgehead atoms. The second-order valence-corrected chi connectivity index (χ2v) is 6.38. The van der Waals surface area contributed by atoms with Crippen molar-refractivity contribution < 1.29 is 19.0 Å². The van der Waals surface area contributed by atoms with Crippen molar-refractivity contribution in [2.45, 2.75) is 20.0 Å². The molecule has 0 saturated carbocycles. The third kappa shape index (κ3) is 3.89. The van der Waals surface area contributed by atoms with Crippen molar-refractivity contribution in [1.82, 2.24) is 9.88 Å². The molecule has 1 aromatic heterocycles. The van der Waals surface area contributed by atoms with Crippen molar-refractivity contribution in [2.24, 2.45) is 0 Å². The molecule has 2 aromatic carbocycles. The normalized spacial score (nSPS) is 10.6. The fraction of sp³-hybridized carbons (Fsp3) is 0.273. The number of benzene rings is 2. The summed E-state index contributed by atoms with van der Waals surface area (Å²) in [6, 6.07) is 10.7. The Morgan fingerprint density at radius 3 is 2.21 bits per heavy atom. The van der Waals surface area contributed by atoms with E-state index in [0.29, 0.717) is 46.7 Å². The molecule has 7 nitrogen and oxygen atoms in total. The monoisotopic (exact) mass is 396 g/mol. The first-order valence-electron chi connectivity index (χ1n) is 9.23. The number of aryl methyl sites for hydroxylation is 1. The maximum atomic E-state index is 13.0. The van der Waals surface area contributed by atoms with E-state index in [-0.39, 0.29) is 11.5 Å². The molecule has 152 valence electrons. The fourth-order valence-corrected chi connectivity index (χ4v) is 3.25. The SMILES string of the molecule is CCn1cc(C(=O)NCc2ccccc2OC)c2cc(OC)c(OC)cc2c1=O. The molecule has 0 radical (unpaired) electrons. The minimum absolute atomic E-state index is 0.190. The highest BCUT2D eigenvalue weighted by atomic mass is 16.5. The first-order valence-corrected chi connectivity index (χ1v) is 9.23. The van der Waals surface area contributed by atoms with Gasteiger partial charge in [0.25, 0.3) is 11.5 Å². The Morgan fingerprint density at radius 2 is 1.59 bits per heavy atom. The zero-order valence-electron chi connectivity index (χ0n) is 16.9. The lowest BCUT2D eigenvalue weighted by atomic mass is 10.1. The summed E-state index contributed by atoms with van der Waals surface area (Å²) in [5, 5.41) is 3.82. The highest BCUT2D eigenvalue weighted by Gasteiger charge is 2.18. The summed E-state index contributed by atoms with van der Waals surface area (Å²) < 4.78 is 17.5. The van der Waals surface area contributed by atoms with Crippen LogP contribution < -0.4 is 25.1 Å². The number of rotatable bonds is 7. The van der Waals surface area contributed by atoms with Gasteiger partial charge >= 0.3 is 0 Å². The minimum atomic E-state index is -0.296. The number of carbonyl (C=O) groups is 1. The lowest BCUT2D eigenvalue weighted by Crippen LogP contribution is -2.27. The highest BCUT2D eigenvalue weighted by molar-refractivity contribution is 6.07. The Bertz CT molecular complexity index is 1100. The summed E-state index contributed by atoms with van der Waals surface area (Å²) in [7, 11) is 4.61. The van der Waals surface area contributed by atoms with E-state index in [9.17, 15) is 9.59 Å². The summed E-state index contributed by atoms with van der Waals surface area (Å²) in [6.07, 6.45) is 1.58. The van der Waals surface area contributed by atoms with E-state index in [4.69, 9.17) is 14.2 Å². The smallest absolute Gasteiger partial charge is 0.258 e. The number of amides is 1. The summed E-state index contributed by atoms with van der Waals surface area (Å²) in [4.78, 5) is 25.8. The van der Waals surface area contributed by atoms with E-state index in [0.717, 1.165) is 5.56 Å². The molecule has 0 spiro atoms. The van der Waals surface area contributed by atoms with Crippen LogP contribution in [-0.4, -0.2) is 31.8 Å². The molecule has 0 aliphatic carbocycles. The number of pyridine rings is 1. The summed E-state index contributed by atoms with van der Waals surface area (Å²) in [6.45, 7) is 2.59. The van der Waals surface area contributed by atoms with Gasteiger partial charge in [0.2, 0.25) is 0 Å². The van der Waals surface area contributed by atoms with E-state index in [1.54, 1.807) is 25.4 Å². The standard InChI is InChI=1S/C22H24N2O5/c1-5-24-13-17(21(25)23-12-14-8-6-7-9-18(14)27-2)15-10-19(28-3)20(29-4)11-16(15)22(24)26/h6-11,13H,5,12H2,1-4H3,(H,23,25). The minimum Gasteiger partial charge on any atom is -0.496 e. The van der Waals surface area contributed by atoms with E-state index in [1.807, 2.05) is 31.2 Å². The number of hydrogen-bond acceptors (Lipinski definition) is 5. The Balaban J connectivity index is 2.06. The van der Waals surface area contributed by atoms with E-state index < -0.39 is 0 Å². The maximum absolute atomic E-state index is 13.0. The first-order chi connectivity index (χ1) is 14.0. The van der Waals surface area contributed by atoms with Gasteiger partial charge in [0.1, 0.15) is 5.75 Å². The fourth-order valence-electron chi connectivity index (χ4n) is 3.25. The molecule has 3 rings (SSSR count). The highest BCUT2D eigenvalue weighted by Crippen LogP contribution is 2.32. The van der Waals surface area contributed by atoms with Crippen molar-refractivity contribution in [3.63, 3.8) is 0 Å². The van der Waals surface area contributed by atoms with Crippen LogP contribution in [0.2, 0.25) is 0 Å². The Morgan fingerprint density at radius 1 is 0.966 bits per heavy atom. The Labute approximate surface area is 168 Å². The second kappa shape index (κ2) is 8.68. The number of ether oxygens (including phenoxy) is 3. The molecule has 3 aromatic rings. The van der Waals surface area contributed by atoms with Crippen molar-refractivity contribution in [2.75, 3.05) is 21.3 Å². The van der Waals surface area contributed by atoms with Gasteiger partial charge in [-0.2, -0.15) is 0 Å². The molecular formula is C22H24N2O5.